The first-order valence-corrected chi connectivity index (χ1v) is 8.90. The molecule has 3 rings (SSSR count). The second-order valence-electron chi connectivity index (χ2n) is 7.13. The van der Waals surface area contributed by atoms with E-state index in [1.807, 2.05) is 6.20 Å². The molecule has 1 fully saturated rings. The van der Waals surface area contributed by atoms with E-state index in [0.717, 1.165) is 17.8 Å². The van der Waals surface area contributed by atoms with Crippen molar-refractivity contribution in [1.29, 1.82) is 0 Å². The molecule has 0 aliphatic heterocycles. The fourth-order valence-corrected chi connectivity index (χ4v) is 3.96. The smallest absolute Gasteiger partial charge is 0.0547 e. The van der Waals surface area contributed by atoms with E-state index in [1.54, 1.807) is 5.57 Å². The van der Waals surface area contributed by atoms with Crippen LogP contribution in [-0.4, -0.2) is 4.98 Å². The highest BCUT2D eigenvalue weighted by atomic mass is 14.7. The molecule has 21 heavy (non-hydrogen) atoms. The van der Waals surface area contributed by atoms with Gasteiger partial charge in [-0.25, -0.2) is 0 Å². The van der Waals surface area contributed by atoms with Gasteiger partial charge in [-0.15, -0.1) is 0 Å². The molecule has 2 aliphatic rings. The van der Waals surface area contributed by atoms with Crippen LogP contribution in [0.4, 0.5) is 0 Å². The summed E-state index contributed by atoms with van der Waals surface area (Å²) in [5.74, 6) is 3.11. The summed E-state index contributed by atoms with van der Waals surface area (Å²) in [6.07, 6.45) is 12.6. The third kappa shape index (κ3) is 3.07. The van der Waals surface area contributed by atoms with Crippen molar-refractivity contribution in [1.82, 2.24) is 4.98 Å². The van der Waals surface area contributed by atoms with Gasteiger partial charge in [0.25, 0.3) is 0 Å². The minimum absolute atomic E-state index is 0.610. The molecular weight excluding hydrogens is 254 g/mol. The van der Waals surface area contributed by atoms with Crippen molar-refractivity contribution < 1.29 is 0 Å². The molecule has 3 atom stereocenters. The van der Waals surface area contributed by atoms with Crippen LogP contribution < -0.4 is 0 Å². The van der Waals surface area contributed by atoms with E-state index in [1.165, 1.54) is 49.8 Å². The van der Waals surface area contributed by atoms with Crippen molar-refractivity contribution in [3.05, 3.63) is 35.2 Å². The Bertz CT molecular complexity index is 512. The normalized spacial score (nSPS) is 23.6. The molecule has 1 aromatic rings. The lowest BCUT2D eigenvalue weighted by Gasteiger charge is -2.28. The molecule has 2 unspecified atom stereocenters. The van der Waals surface area contributed by atoms with Gasteiger partial charge < -0.3 is 0 Å². The van der Waals surface area contributed by atoms with Crippen LogP contribution in [0.3, 0.4) is 0 Å². The van der Waals surface area contributed by atoms with E-state index >= 15 is 0 Å². The van der Waals surface area contributed by atoms with Crippen LogP contribution in [0.1, 0.15) is 76.5 Å². The Kier molecular flexibility index (Phi) is 4.47. The number of nitrogens with zero attached hydrogens (tertiary/aromatic N) is 1. The quantitative estimate of drug-likeness (QED) is 0.614. The van der Waals surface area contributed by atoms with Crippen LogP contribution in [-0.2, 0) is 0 Å². The second kappa shape index (κ2) is 6.34. The van der Waals surface area contributed by atoms with E-state index in [9.17, 15) is 0 Å². The van der Waals surface area contributed by atoms with Gasteiger partial charge >= 0.3 is 0 Å². The fourth-order valence-electron chi connectivity index (χ4n) is 3.96. The number of hydrogen-bond acceptors (Lipinski definition) is 1. The van der Waals surface area contributed by atoms with Crippen LogP contribution in [0.25, 0.3) is 6.08 Å². The molecule has 0 bridgehead atoms. The predicted molar refractivity (Wildman–Crippen MR) is 90.1 cm³/mol. The molecule has 0 amide bonds. The average Bonchev–Trinajstić information content (AvgIpc) is 3.25. The van der Waals surface area contributed by atoms with E-state index in [-0.39, 0.29) is 0 Å². The minimum Gasteiger partial charge on any atom is -0.260 e. The van der Waals surface area contributed by atoms with Gasteiger partial charge in [0, 0.05) is 12.1 Å². The fraction of sp³-hybridized carbons (Fsp3) is 0.650. The van der Waals surface area contributed by atoms with E-state index < -0.39 is 0 Å². The first kappa shape index (κ1) is 14.8. The number of hydrogen-bond donors (Lipinski definition) is 0. The highest BCUT2D eigenvalue weighted by molar-refractivity contribution is 5.65. The maximum Gasteiger partial charge on any atom is 0.0547 e. The minimum atomic E-state index is 0.610. The molecule has 0 aromatic carbocycles. The van der Waals surface area contributed by atoms with Crippen LogP contribution in [0.5, 0.6) is 0 Å². The lowest BCUT2D eigenvalue weighted by atomic mass is 9.76. The third-order valence-electron chi connectivity index (χ3n) is 5.55. The van der Waals surface area contributed by atoms with Crippen molar-refractivity contribution >= 4 is 6.08 Å². The summed E-state index contributed by atoms with van der Waals surface area (Å²) in [5, 5.41) is 0. The summed E-state index contributed by atoms with van der Waals surface area (Å²) in [6, 6.07) is 4.35. The molecule has 0 saturated heterocycles. The lowest BCUT2D eigenvalue weighted by molar-refractivity contribution is 0.354. The highest BCUT2D eigenvalue weighted by Crippen LogP contribution is 2.49. The summed E-state index contributed by atoms with van der Waals surface area (Å²) in [6.45, 7) is 7.10. The molecule has 1 aromatic heterocycles. The first-order chi connectivity index (χ1) is 10.2. The van der Waals surface area contributed by atoms with Gasteiger partial charge in [-0.2, -0.15) is 0 Å². The van der Waals surface area contributed by atoms with E-state index in [4.69, 9.17) is 4.98 Å². The summed E-state index contributed by atoms with van der Waals surface area (Å²) >= 11 is 0. The second-order valence-corrected chi connectivity index (χ2v) is 7.13. The number of fused-ring (bicyclic) bond motifs is 1. The monoisotopic (exact) mass is 283 g/mol. The molecule has 1 nitrogen and oxygen atoms in total. The average molecular weight is 283 g/mol. The zero-order chi connectivity index (χ0) is 14.8. The molecule has 1 saturated carbocycles. The lowest BCUT2D eigenvalue weighted by Crippen LogP contribution is -2.17. The van der Waals surface area contributed by atoms with Gasteiger partial charge in [0.1, 0.15) is 0 Å². The summed E-state index contributed by atoms with van der Waals surface area (Å²) < 4.78 is 0. The van der Waals surface area contributed by atoms with Gasteiger partial charge in [0.2, 0.25) is 0 Å². The Labute approximate surface area is 129 Å². The summed E-state index contributed by atoms with van der Waals surface area (Å²) in [5.41, 5.74) is 4.46. The molecule has 1 heteroatoms. The molecule has 0 radical (unpaired) electrons. The number of aromatic nitrogens is 1. The molecule has 1 heterocycles. The first-order valence-electron chi connectivity index (χ1n) is 8.90. The summed E-state index contributed by atoms with van der Waals surface area (Å²) in [7, 11) is 0. The van der Waals surface area contributed by atoms with Crippen molar-refractivity contribution in [2.45, 2.75) is 65.2 Å². The Hall–Kier alpha value is -1.11. The molecule has 114 valence electrons. The van der Waals surface area contributed by atoms with Gasteiger partial charge in [-0.05, 0) is 42.2 Å². The van der Waals surface area contributed by atoms with Crippen LogP contribution in [0.15, 0.2) is 23.9 Å². The van der Waals surface area contributed by atoms with Crippen LogP contribution in [0.2, 0.25) is 0 Å². The van der Waals surface area contributed by atoms with Crippen molar-refractivity contribution in [3.8, 4) is 0 Å². The number of allylic oxidation sites excluding steroid dienone is 1. The largest absolute Gasteiger partial charge is 0.260 e. The van der Waals surface area contributed by atoms with Gasteiger partial charge in [0.15, 0.2) is 0 Å². The van der Waals surface area contributed by atoms with Crippen LogP contribution in [0, 0.1) is 17.8 Å². The number of rotatable bonds is 7. The van der Waals surface area contributed by atoms with Gasteiger partial charge in [-0.1, -0.05) is 64.2 Å². The Balaban J connectivity index is 1.90. The third-order valence-corrected chi connectivity index (χ3v) is 5.55. The maximum absolute atomic E-state index is 4.75. The van der Waals surface area contributed by atoms with Gasteiger partial charge in [0.05, 0.1) is 5.69 Å². The highest BCUT2D eigenvalue weighted by Gasteiger charge is 2.36. The Morgan fingerprint density at radius 3 is 2.76 bits per heavy atom. The molecule has 2 aliphatic carbocycles. The van der Waals surface area contributed by atoms with Crippen molar-refractivity contribution in [3.63, 3.8) is 0 Å². The zero-order valence-electron chi connectivity index (χ0n) is 13.8. The van der Waals surface area contributed by atoms with Gasteiger partial charge in [-0.3, -0.25) is 4.98 Å². The van der Waals surface area contributed by atoms with E-state index in [2.05, 4.69) is 39.0 Å². The SMILES string of the molecule is CCCC(C1=Cc2cccnc2C1CC1CC1)[C@@H](C)CC. The molecule has 0 spiro atoms. The standard InChI is InChI=1S/C20H29N/c1-4-7-17(14(3)5-2)18-13-16-8-6-11-21-20(16)19(18)12-15-9-10-15/h6,8,11,13-15,17,19H,4-5,7,9-10,12H2,1-3H3/t14-,17?,19?/m0/s1. The number of pyridine rings is 1. The zero-order valence-corrected chi connectivity index (χ0v) is 13.8. The van der Waals surface area contributed by atoms with E-state index in [0.29, 0.717) is 5.92 Å². The van der Waals surface area contributed by atoms with Crippen molar-refractivity contribution in [2.75, 3.05) is 0 Å². The Morgan fingerprint density at radius 2 is 2.10 bits per heavy atom. The van der Waals surface area contributed by atoms with Crippen molar-refractivity contribution in [2.24, 2.45) is 17.8 Å². The molecule has 0 N–H and O–H groups in total. The maximum atomic E-state index is 4.75. The molecular formula is C20H29N. The predicted octanol–water partition coefficient (Wildman–Crippen LogP) is 5.82. The Morgan fingerprint density at radius 1 is 1.29 bits per heavy atom. The van der Waals surface area contributed by atoms with Crippen LogP contribution >= 0.6 is 0 Å². The summed E-state index contributed by atoms with van der Waals surface area (Å²) in [4.78, 5) is 4.75. The topological polar surface area (TPSA) is 12.9 Å².